The van der Waals surface area contributed by atoms with Crippen LogP contribution in [0.1, 0.15) is 59.7 Å². The van der Waals surface area contributed by atoms with E-state index in [0.717, 1.165) is 26.2 Å². The SMILES string of the molecule is C[C@H](NCC1CCCN(CC(c2ccccc2)c2ccccc2)C1)c1cncn1Cc1ccc(C#N)cc1. The van der Waals surface area contributed by atoms with E-state index in [1.807, 2.05) is 36.8 Å². The van der Waals surface area contributed by atoms with Crippen molar-refractivity contribution in [3.05, 3.63) is 125 Å². The maximum absolute atomic E-state index is 9.06. The maximum Gasteiger partial charge on any atom is 0.0991 e. The molecule has 2 heterocycles. The molecule has 0 saturated carbocycles. The fourth-order valence-corrected chi connectivity index (χ4v) is 5.67. The molecule has 1 N–H and O–H groups in total. The summed E-state index contributed by atoms with van der Waals surface area (Å²) in [5.41, 5.74) is 5.83. The zero-order valence-corrected chi connectivity index (χ0v) is 22.2. The van der Waals surface area contributed by atoms with E-state index in [1.165, 1.54) is 41.8 Å². The fraction of sp³-hybridized carbons (Fsp3) is 0.333. The molecule has 0 radical (unpaired) electrons. The van der Waals surface area contributed by atoms with Gasteiger partial charge in [0.1, 0.15) is 0 Å². The topological polar surface area (TPSA) is 56.9 Å². The summed E-state index contributed by atoms with van der Waals surface area (Å²) in [6.45, 7) is 7.33. The summed E-state index contributed by atoms with van der Waals surface area (Å²) in [5, 5.41) is 12.9. The average molecular weight is 504 g/mol. The van der Waals surface area contributed by atoms with Gasteiger partial charge in [0.05, 0.1) is 23.7 Å². The van der Waals surface area contributed by atoms with Crippen molar-refractivity contribution in [2.45, 2.75) is 38.3 Å². The molecule has 2 atom stereocenters. The van der Waals surface area contributed by atoms with Gasteiger partial charge < -0.3 is 14.8 Å². The first-order valence-electron chi connectivity index (χ1n) is 13.7. The van der Waals surface area contributed by atoms with Gasteiger partial charge >= 0.3 is 0 Å². The first-order valence-corrected chi connectivity index (χ1v) is 13.7. The minimum absolute atomic E-state index is 0.215. The Balaban J connectivity index is 1.18. The number of rotatable bonds is 10. The van der Waals surface area contributed by atoms with Crippen LogP contribution in [0.4, 0.5) is 0 Å². The van der Waals surface area contributed by atoms with Crippen molar-refractivity contribution >= 4 is 0 Å². The number of nitrogens with one attached hydrogen (secondary N) is 1. The van der Waals surface area contributed by atoms with E-state index >= 15 is 0 Å². The zero-order valence-electron chi connectivity index (χ0n) is 22.2. The highest BCUT2D eigenvalue weighted by Crippen LogP contribution is 2.28. The molecular weight excluding hydrogens is 466 g/mol. The van der Waals surface area contributed by atoms with Crippen LogP contribution in [0, 0.1) is 17.2 Å². The van der Waals surface area contributed by atoms with Gasteiger partial charge in [-0.05, 0) is 67.6 Å². The molecule has 0 amide bonds. The van der Waals surface area contributed by atoms with Gasteiger partial charge in [0.2, 0.25) is 0 Å². The van der Waals surface area contributed by atoms with Gasteiger partial charge in [-0.25, -0.2) is 4.98 Å². The highest BCUT2D eigenvalue weighted by molar-refractivity contribution is 5.33. The normalized spacial score (nSPS) is 16.8. The Bertz CT molecular complexity index is 1270. The van der Waals surface area contributed by atoms with Gasteiger partial charge in [-0.1, -0.05) is 72.8 Å². The van der Waals surface area contributed by atoms with Gasteiger partial charge in [0, 0.05) is 37.8 Å². The molecule has 0 spiro atoms. The first kappa shape index (κ1) is 25.9. The van der Waals surface area contributed by atoms with Gasteiger partial charge in [-0.2, -0.15) is 5.26 Å². The Morgan fingerprint density at radius 3 is 2.32 bits per heavy atom. The molecule has 1 unspecified atom stereocenters. The number of aromatic nitrogens is 2. The lowest BCUT2D eigenvalue weighted by molar-refractivity contribution is 0.166. The number of hydrogen-bond acceptors (Lipinski definition) is 4. The fourth-order valence-electron chi connectivity index (χ4n) is 5.67. The predicted octanol–water partition coefficient (Wildman–Crippen LogP) is 6.00. The second kappa shape index (κ2) is 12.7. The van der Waals surface area contributed by atoms with Crippen LogP contribution >= 0.6 is 0 Å². The molecule has 4 aromatic rings. The number of nitriles is 1. The van der Waals surface area contributed by atoms with E-state index in [-0.39, 0.29) is 6.04 Å². The van der Waals surface area contributed by atoms with Crippen LogP contribution in [0.2, 0.25) is 0 Å². The van der Waals surface area contributed by atoms with E-state index in [2.05, 4.69) is 93.4 Å². The van der Waals surface area contributed by atoms with Crippen LogP contribution in [0.25, 0.3) is 0 Å². The van der Waals surface area contributed by atoms with E-state index in [4.69, 9.17) is 5.26 Å². The van der Waals surface area contributed by atoms with E-state index in [0.29, 0.717) is 17.4 Å². The van der Waals surface area contributed by atoms with Crippen LogP contribution in [-0.2, 0) is 6.54 Å². The molecule has 5 heteroatoms. The molecule has 3 aromatic carbocycles. The highest BCUT2D eigenvalue weighted by atomic mass is 15.1. The van der Waals surface area contributed by atoms with Gasteiger partial charge in [0.15, 0.2) is 0 Å². The molecular formula is C33H37N5. The Morgan fingerprint density at radius 2 is 1.66 bits per heavy atom. The Hall–Kier alpha value is -3.72. The van der Waals surface area contributed by atoms with Crippen LogP contribution in [0.5, 0.6) is 0 Å². The number of piperidine rings is 1. The second-order valence-corrected chi connectivity index (χ2v) is 10.5. The van der Waals surface area contributed by atoms with Crippen molar-refractivity contribution < 1.29 is 0 Å². The van der Waals surface area contributed by atoms with Crippen molar-refractivity contribution in [2.75, 3.05) is 26.2 Å². The second-order valence-electron chi connectivity index (χ2n) is 10.5. The Morgan fingerprint density at radius 1 is 0.974 bits per heavy atom. The molecule has 1 aliphatic rings. The molecule has 0 bridgehead atoms. The molecule has 194 valence electrons. The van der Waals surface area contributed by atoms with E-state index in [1.54, 1.807) is 0 Å². The summed E-state index contributed by atoms with van der Waals surface area (Å²) in [5.74, 6) is 1.02. The van der Waals surface area contributed by atoms with Crippen molar-refractivity contribution in [2.24, 2.45) is 5.92 Å². The molecule has 1 aliphatic heterocycles. The molecule has 38 heavy (non-hydrogen) atoms. The van der Waals surface area contributed by atoms with Crippen molar-refractivity contribution in [3.8, 4) is 6.07 Å². The Kier molecular flexibility index (Phi) is 8.65. The third-order valence-corrected chi connectivity index (χ3v) is 7.78. The third kappa shape index (κ3) is 6.58. The summed E-state index contributed by atoms with van der Waals surface area (Å²) < 4.78 is 2.20. The molecule has 5 nitrogen and oxygen atoms in total. The lowest BCUT2D eigenvalue weighted by Crippen LogP contribution is -2.42. The number of likely N-dealkylation sites (tertiary alicyclic amines) is 1. The molecule has 1 fully saturated rings. The summed E-state index contributed by atoms with van der Waals surface area (Å²) in [6, 6.07) is 32.1. The van der Waals surface area contributed by atoms with Gasteiger partial charge in [0.25, 0.3) is 0 Å². The number of hydrogen-bond donors (Lipinski definition) is 1. The molecule has 5 rings (SSSR count). The molecule has 0 aliphatic carbocycles. The molecule has 1 aromatic heterocycles. The number of benzene rings is 3. The summed E-state index contributed by atoms with van der Waals surface area (Å²) >= 11 is 0. The highest BCUT2D eigenvalue weighted by Gasteiger charge is 2.25. The lowest BCUT2D eigenvalue weighted by atomic mass is 9.89. The van der Waals surface area contributed by atoms with E-state index in [9.17, 15) is 0 Å². The monoisotopic (exact) mass is 503 g/mol. The minimum atomic E-state index is 0.215. The summed E-state index contributed by atoms with van der Waals surface area (Å²) in [6.07, 6.45) is 6.38. The minimum Gasteiger partial charge on any atom is -0.329 e. The molecule has 1 saturated heterocycles. The quantitative estimate of drug-likeness (QED) is 0.288. The largest absolute Gasteiger partial charge is 0.329 e. The number of imidazole rings is 1. The predicted molar refractivity (Wildman–Crippen MR) is 153 cm³/mol. The van der Waals surface area contributed by atoms with E-state index < -0.39 is 0 Å². The van der Waals surface area contributed by atoms with Crippen LogP contribution in [-0.4, -0.2) is 40.6 Å². The first-order chi connectivity index (χ1) is 18.7. The third-order valence-electron chi connectivity index (χ3n) is 7.78. The van der Waals surface area contributed by atoms with Crippen molar-refractivity contribution in [1.82, 2.24) is 19.8 Å². The zero-order chi connectivity index (χ0) is 26.2. The Labute approximate surface area is 226 Å². The maximum atomic E-state index is 9.06. The van der Waals surface area contributed by atoms with Gasteiger partial charge in [-0.15, -0.1) is 0 Å². The van der Waals surface area contributed by atoms with Crippen LogP contribution in [0.15, 0.2) is 97.5 Å². The van der Waals surface area contributed by atoms with Crippen molar-refractivity contribution in [1.29, 1.82) is 5.26 Å². The summed E-state index contributed by atoms with van der Waals surface area (Å²) in [7, 11) is 0. The van der Waals surface area contributed by atoms with Crippen LogP contribution in [0.3, 0.4) is 0 Å². The van der Waals surface area contributed by atoms with Gasteiger partial charge in [-0.3, -0.25) is 0 Å². The smallest absolute Gasteiger partial charge is 0.0991 e. The number of nitrogens with zero attached hydrogens (tertiary/aromatic N) is 4. The van der Waals surface area contributed by atoms with Crippen molar-refractivity contribution in [3.63, 3.8) is 0 Å². The van der Waals surface area contributed by atoms with Crippen LogP contribution < -0.4 is 5.32 Å². The standard InChI is InChI=1S/C33H37N5/c1-26(33-21-35-25-38(33)23-28-16-14-27(19-34)15-17-28)36-20-29-9-8-18-37(22-29)24-32(30-10-4-2-5-11-30)31-12-6-3-7-13-31/h2-7,10-17,21,25-26,29,32,36H,8-9,18,20,22-24H2,1H3/t26-,29?/m0/s1. The lowest BCUT2D eigenvalue weighted by Gasteiger charge is -2.36. The average Bonchev–Trinajstić information content (AvgIpc) is 3.44. The summed E-state index contributed by atoms with van der Waals surface area (Å²) in [4.78, 5) is 7.10.